The molecule has 0 aliphatic carbocycles. The number of fused-ring (bicyclic) bond motifs is 1. The van der Waals surface area contributed by atoms with Crippen molar-refractivity contribution >= 4 is 22.7 Å². The van der Waals surface area contributed by atoms with Crippen LogP contribution in [0.1, 0.15) is 10.4 Å². The van der Waals surface area contributed by atoms with Gasteiger partial charge >= 0.3 is 5.76 Å². The van der Waals surface area contributed by atoms with Gasteiger partial charge < -0.3 is 9.73 Å². The SMILES string of the molecule is O=C(Nc1ccc2oc(=O)[nH]c2c1)c1ccc(F)c(F)c1. The van der Waals surface area contributed by atoms with Crippen molar-refractivity contribution < 1.29 is 18.0 Å². The number of carbonyl (C=O) groups excluding carboxylic acids is 1. The van der Waals surface area contributed by atoms with E-state index in [0.29, 0.717) is 16.8 Å². The summed E-state index contributed by atoms with van der Waals surface area (Å²) in [5.74, 6) is -3.32. The first kappa shape index (κ1) is 13.0. The van der Waals surface area contributed by atoms with Gasteiger partial charge in [0.05, 0.1) is 5.52 Å². The van der Waals surface area contributed by atoms with Crippen LogP contribution in [0.3, 0.4) is 0 Å². The summed E-state index contributed by atoms with van der Waals surface area (Å²) in [6.07, 6.45) is 0. The van der Waals surface area contributed by atoms with Crippen LogP contribution in [0.2, 0.25) is 0 Å². The lowest BCUT2D eigenvalue weighted by Crippen LogP contribution is -2.12. The average molecular weight is 290 g/mol. The molecule has 0 unspecified atom stereocenters. The summed E-state index contributed by atoms with van der Waals surface area (Å²) >= 11 is 0. The quantitative estimate of drug-likeness (QED) is 0.762. The molecule has 0 fully saturated rings. The van der Waals surface area contributed by atoms with Gasteiger partial charge in [-0.15, -0.1) is 0 Å². The summed E-state index contributed by atoms with van der Waals surface area (Å²) in [7, 11) is 0. The molecule has 0 saturated carbocycles. The Morgan fingerprint density at radius 3 is 2.67 bits per heavy atom. The number of hydrogen-bond donors (Lipinski definition) is 2. The molecule has 0 bridgehead atoms. The van der Waals surface area contributed by atoms with Crippen LogP contribution in [0.4, 0.5) is 14.5 Å². The first-order valence-corrected chi connectivity index (χ1v) is 5.92. The Morgan fingerprint density at radius 1 is 1.10 bits per heavy atom. The van der Waals surface area contributed by atoms with E-state index in [4.69, 9.17) is 4.42 Å². The van der Waals surface area contributed by atoms with Crippen molar-refractivity contribution in [2.45, 2.75) is 0 Å². The summed E-state index contributed by atoms with van der Waals surface area (Å²) in [4.78, 5) is 25.4. The highest BCUT2D eigenvalue weighted by Crippen LogP contribution is 2.17. The highest BCUT2D eigenvalue weighted by atomic mass is 19.2. The van der Waals surface area contributed by atoms with Gasteiger partial charge in [-0.3, -0.25) is 9.78 Å². The van der Waals surface area contributed by atoms with Gasteiger partial charge in [0, 0.05) is 11.3 Å². The molecule has 7 heteroatoms. The van der Waals surface area contributed by atoms with Crippen LogP contribution in [-0.2, 0) is 0 Å². The summed E-state index contributed by atoms with van der Waals surface area (Å²) in [6, 6.07) is 7.39. The van der Waals surface area contributed by atoms with Gasteiger partial charge in [0.1, 0.15) is 0 Å². The van der Waals surface area contributed by atoms with E-state index in [1.165, 1.54) is 24.3 Å². The summed E-state index contributed by atoms with van der Waals surface area (Å²) in [5.41, 5.74) is 1.14. The molecule has 106 valence electrons. The molecule has 0 saturated heterocycles. The number of oxazole rings is 1. The fourth-order valence-corrected chi connectivity index (χ4v) is 1.87. The molecule has 1 heterocycles. The van der Waals surface area contributed by atoms with Crippen molar-refractivity contribution in [3.8, 4) is 0 Å². The topological polar surface area (TPSA) is 75.1 Å². The molecule has 0 radical (unpaired) electrons. The lowest BCUT2D eigenvalue weighted by Gasteiger charge is -2.05. The second-order valence-electron chi connectivity index (χ2n) is 4.31. The van der Waals surface area contributed by atoms with Crippen LogP contribution < -0.4 is 11.1 Å². The van der Waals surface area contributed by atoms with Crippen molar-refractivity contribution in [1.29, 1.82) is 0 Å². The van der Waals surface area contributed by atoms with E-state index in [2.05, 4.69) is 10.3 Å². The van der Waals surface area contributed by atoms with E-state index >= 15 is 0 Å². The first-order valence-electron chi connectivity index (χ1n) is 5.92. The van der Waals surface area contributed by atoms with E-state index in [9.17, 15) is 18.4 Å². The maximum absolute atomic E-state index is 13.1. The van der Waals surface area contributed by atoms with Crippen molar-refractivity contribution in [2.75, 3.05) is 5.32 Å². The number of hydrogen-bond acceptors (Lipinski definition) is 3. The van der Waals surface area contributed by atoms with Crippen LogP contribution in [0, 0.1) is 11.6 Å². The van der Waals surface area contributed by atoms with Gasteiger partial charge in [0.2, 0.25) is 0 Å². The van der Waals surface area contributed by atoms with Crippen molar-refractivity contribution in [1.82, 2.24) is 4.98 Å². The molecule has 1 aromatic heterocycles. The van der Waals surface area contributed by atoms with Gasteiger partial charge in [-0.25, -0.2) is 13.6 Å². The minimum Gasteiger partial charge on any atom is -0.408 e. The third-order valence-corrected chi connectivity index (χ3v) is 2.86. The number of halogens is 2. The summed E-state index contributed by atoms with van der Waals surface area (Å²) < 4.78 is 30.7. The predicted molar refractivity (Wildman–Crippen MR) is 71.1 cm³/mol. The van der Waals surface area contributed by atoms with Crippen molar-refractivity contribution in [3.63, 3.8) is 0 Å². The fraction of sp³-hybridized carbons (Fsp3) is 0. The maximum atomic E-state index is 13.1. The Morgan fingerprint density at radius 2 is 1.90 bits per heavy atom. The molecule has 21 heavy (non-hydrogen) atoms. The molecule has 3 rings (SSSR count). The van der Waals surface area contributed by atoms with E-state index in [-0.39, 0.29) is 5.56 Å². The van der Waals surface area contributed by atoms with Gasteiger partial charge in [-0.2, -0.15) is 0 Å². The molecule has 0 aliphatic heterocycles. The molecule has 0 aliphatic rings. The highest BCUT2D eigenvalue weighted by molar-refractivity contribution is 6.04. The first-order chi connectivity index (χ1) is 10.0. The zero-order valence-corrected chi connectivity index (χ0v) is 10.4. The third-order valence-electron chi connectivity index (χ3n) is 2.86. The highest BCUT2D eigenvalue weighted by Gasteiger charge is 2.11. The van der Waals surface area contributed by atoms with Crippen LogP contribution in [0.25, 0.3) is 11.1 Å². The Kier molecular flexibility index (Phi) is 3.02. The van der Waals surface area contributed by atoms with Gasteiger partial charge in [0.25, 0.3) is 5.91 Å². The number of benzene rings is 2. The maximum Gasteiger partial charge on any atom is 0.417 e. The number of rotatable bonds is 2. The fourth-order valence-electron chi connectivity index (χ4n) is 1.87. The molecule has 3 aromatic rings. The van der Waals surface area contributed by atoms with Gasteiger partial charge in [0.15, 0.2) is 17.2 Å². The smallest absolute Gasteiger partial charge is 0.408 e. The van der Waals surface area contributed by atoms with Gasteiger partial charge in [-0.1, -0.05) is 0 Å². The number of H-pyrrole nitrogens is 1. The number of nitrogens with one attached hydrogen (secondary N) is 2. The third kappa shape index (κ3) is 2.53. The van der Waals surface area contributed by atoms with E-state index < -0.39 is 23.3 Å². The minimum atomic E-state index is -1.10. The molecule has 1 amide bonds. The summed E-state index contributed by atoms with van der Waals surface area (Å²) in [5, 5.41) is 2.51. The second kappa shape index (κ2) is 4.86. The molecule has 2 aromatic carbocycles. The van der Waals surface area contributed by atoms with Crippen LogP contribution in [0.15, 0.2) is 45.6 Å². The largest absolute Gasteiger partial charge is 0.417 e. The minimum absolute atomic E-state index is 0.0188. The molecule has 0 atom stereocenters. The van der Waals surface area contributed by atoms with Crippen LogP contribution >= 0.6 is 0 Å². The van der Waals surface area contributed by atoms with Crippen LogP contribution in [-0.4, -0.2) is 10.9 Å². The standard InChI is InChI=1S/C14H8F2N2O3/c15-9-3-1-7(5-10(9)16)13(19)17-8-2-4-12-11(6-8)18-14(20)21-12/h1-6H,(H,17,19)(H,18,20). The Bertz CT molecular complexity index is 899. The monoisotopic (exact) mass is 290 g/mol. The number of aromatic amines is 1. The number of anilines is 1. The number of aromatic nitrogens is 1. The summed E-state index contributed by atoms with van der Waals surface area (Å²) in [6.45, 7) is 0. The molecule has 2 N–H and O–H groups in total. The normalized spacial score (nSPS) is 10.8. The van der Waals surface area contributed by atoms with Gasteiger partial charge in [-0.05, 0) is 36.4 Å². The van der Waals surface area contributed by atoms with Crippen molar-refractivity contribution in [3.05, 3.63) is 64.1 Å². The van der Waals surface area contributed by atoms with Crippen molar-refractivity contribution in [2.24, 2.45) is 0 Å². The zero-order valence-electron chi connectivity index (χ0n) is 10.4. The second-order valence-corrected chi connectivity index (χ2v) is 4.31. The molecule has 5 nitrogen and oxygen atoms in total. The zero-order chi connectivity index (χ0) is 15.0. The lowest BCUT2D eigenvalue weighted by molar-refractivity contribution is 0.102. The number of carbonyl (C=O) groups is 1. The molecule has 0 spiro atoms. The average Bonchev–Trinajstić information content (AvgIpc) is 2.81. The molecular formula is C14H8F2N2O3. The Hall–Kier alpha value is -2.96. The Balaban J connectivity index is 1.88. The van der Waals surface area contributed by atoms with E-state index in [0.717, 1.165) is 12.1 Å². The Labute approximate surface area is 116 Å². The predicted octanol–water partition coefficient (Wildman–Crippen LogP) is 2.65. The lowest BCUT2D eigenvalue weighted by atomic mass is 10.2. The number of amides is 1. The van der Waals surface area contributed by atoms with Crippen LogP contribution in [0.5, 0.6) is 0 Å². The molecular weight excluding hydrogens is 282 g/mol. The van der Waals surface area contributed by atoms with E-state index in [1.807, 2.05) is 0 Å². The van der Waals surface area contributed by atoms with E-state index in [1.54, 1.807) is 0 Å².